The molecular formula is C14H21FN2O2S. The Morgan fingerprint density at radius 3 is 2.80 bits per heavy atom. The first kappa shape index (κ1) is 15.4. The molecule has 1 fully saturated rings. The average Bonchev–Trinajstić information content (AvgIpc) is 2.41. The maximum atomic E-state index is 13.2. The monoisotopic (exact) mass is 300 g/mol. The zero-order valence-electron chi connectivity index (χ0n) is 11.8. The molecule has 1 aliphatic rings. The van der Waals surface area contributed by atoms with E-state index in [1.807, 2.05) is 0 Å². The van der Waals surface area contributed by atoms with Crippen LogP contribution in [0.15, 0.2) is 23.1 Å². The summed E-state index contributed by atoms with van der Waals surface area (Å²) in [6.07, 6.45) is 2.05. The van der Waals surface area contributed by atoms with Crippen LogP contribution in [0.3, 0.4) is 0 Å². The molecule has 1 aromatic carbocycles. The van der Waals surface area contributed by atoms with Crippen molar-refractivity contribution in [1.29, 1.82) is 0 Å². The third kappa shape index (κ3) is 3.77. The number of halogens is 1. The highest BCUT2D eigenvalue weighted by Gasteiger charge is 2.22. The zero-order chi connectivity index (χ0) is 14.8. The molecule has 112 valence electrons. The minimum Gasteiger partial charge on any atom is -0.314 e. The fourth-order valence-corrected chi connectivity index (χ4v) is 3.77. The summed E-state index contributed by atoms with van der Waals surface area (Å²) in [5.74, 6) is -0.251. The first-order valence-corrected chi connectivity index (χ1v) is 8.36. The number of rotatable bonds is 4. The molecule has 1 heterocycles. The lowest BCUT2D eigenvalue weighted by atomic mass is 9.96. The van der Waals surface area contributed by atoms with Crippen molar-refractivity contribution in [2.45, 2.75) is 37.6 Å². The predicted octanol–water partition coefficient (Wildman–Crippen LogP) is 1.80. The Morgan fingerprint density at radius 2 is 2.15 bits per heavy atom. The van der Waals surface area contributed by atoms with Crippen molar-refractivity contribution >= 4 is 10.0 Å². The first-order chi connectivity index (χ1) is 9.38. The number of piperidine rings is 1. The molecule has 1 aromatic rings. The highest BCUT2D eigenvalue weighted by molar-refractivity contribution is 7.89. The molecule has 4 nitrogen and oxygen atoms in total. The molecule has 0 spiro atoms. The van der Waals surface area contributed by atoms with Gasteiger partial charge in [-0.05, 0) is 56.8 Å². The van der Waals surface area contributed by atoms with Gasteiger partial charge in [0.05, 0.1) is 4.90 Å². The molecule has 20 heavy (non-hydrogen) atoms. The van der Waals surface area contributed by atoms with Gasteiger partial charge in [-0.3, -0.25) is 0 Å². The minimum absolute atomic E-state index is 0.0228. The highest BCUT2D eigenvalue weighted by Crippen LogP contribution is 2.18. The molecule has 2 N–H and O–H groups in total. The van der Waals surface area contributed by atoms with E-state index in [1.54, 1.807) is 6.92 Å². The van der Waals surface area contributed by atoms with Crippen molar-refractivity contribution in [3.05, 3.63) is 29.6 Å². The first-order valence-electron chi connectivity index (χ1n) is 6.87. The number of nitrogens with one attached hydrogen (secondary N) is 2. The maximum absolute atomic E-state index is 13.2. The zero-order valence-corrected chi connectivity index (χ0v) is 12.6. The number of hydrogen-bond donors (Lipinski definition) is 2. The van der Waals surface area contributed by atoms with Crippen molar-refractivity contribution in [3.63, 3.8) is 0 Å². The van der Waals surface area contributed by atoms with Gasteiger partial charge in [-0.25, -0.2) is 17.5 Å². The Hall–Kier alpha value is -0.980. The van der Waals surface area contributed by atoms with Gasteiger partial charge in [0.15, 0.2) is 0 Å². The highest BCUT2D eigenvalue weighted by atomic mass is 32.2. The summed E-state index contributed by atoms with van der Waals surface area (Å²) in [4.78, 5) is 0.0228. The van der Waals surface area contributed by atoms with E-state index in [9.17, 15) is 12.8 Å². The summed E-state index contributed by atoms with van der Waals surface area (Å²) in [5, 5.41) is 3.33. The van der Waals surface area contributed by atoms with Crippen molar-refractivity contribution in [2.75, 3.05) is 13.1 Å². The largest absolute Gasteiger partial charge is 0.314 e. The molecule has 0 saturated carbocycles. The van der Waals surface area contributed by atoms with Gasteiger partial charge in [0.25, 0.3) is 0 Å². The Morgan fingerprint density at radius 1 is 1.40 bits per heavy atom. The second kappa shape index (κ2) is 6.20. The summed E-state index contributed by atoms with van der Waals surface area (Å²) >= 11 is 0. The Kier molecular flexibility index (Phi) is 4.78. The smallest absolute Gasteiger partial charge is 0.240 e. The van der Waals surface area contributed by atoms with Gasteiger partial charge < -0.3 is 5.32 Å². The van der Waals surface area contributed by atoms with Crippen LogP contribution in [0.2, 0.25) is 0 Å². The van der Waals surface area contributed by atoms with E-state index in [2.05, 4.69) is 17.0 Å². The molecule has 1 aliphatic heterocycles. The van der Waals surface area contributed by atoms with Crippen LogP contribution >= 0.6 is 0 Å². The lowest BCUT2D eigenvalue weighted by Crippen LogP contribution is -2.42. The lowest BCUT2D eigenvalue weighted by molar-refractivity contribution is 0.323. The topological polar surface area (TPSA) is 58.2 Å². The third-order valence-corrected chi connectivity index (χ3v) is 5.33. The third-order valence-electron chi connectivity index (χ3n) is 3.76. The Bertz CT molecular complexity index is 567. The molecule has 2 rings (SSSR count). The Labute approximate surface area is 119 Å². The maximum Gasteiger partial charge on any atom is 0.240 e. The summed E-state index contributed by atoms with van der Waals surface area (Å²) in [6, 6.07) is 4.31. The average molecular weight is 300 g/mol. The molecule has 6 heteroatoms. The summed E-state index contributed by atoms with van der Waals surface area (Å²) in [5.41, 5.74) is 0.550. The van der Waals surface area contributed by atoms with E-state index >= 15 is 0 Å². The molecule has 0 bridgehead atoms. The van der Waals surface area contributed by atoms with Crippen LogP contribution in [0, 0.1) is 18.7 Å². The second-order valence-electron chi connectivity index (χ2n) is 5.51. The van der Waals surface area contributed by atoms with Crippen molar-refractivity contribution in [1.82, 2.24) is 10.0 Å². The van der Waals surface area contributed by atoms with Crippen molar-refractivity contribution in [2.24, 2.45) is 5.92 Å². The van der Waals surface area contributed by atoms with E-state index in [-0.39, 0.29) is 10.8 Å². The fourth-order valence-electron chi connectivity index (χ4n) is 2.40. The SMILES string of the molecule is Cc1ccc(F)cc1S(=O)(=O)NCC1CCC(C)NC1. The van der Waals surface area contributed by atoms with Crippen LogP contribution in [0.4, 0.5) is 4.39 Å². The van der Waals surface area contributed by atoms with Gasteiger partial charge in [-0.2, -0.15) is 0 Å². The fraction of sp³-hybridized carbons (Fsp3) is 0.571. The number of sulfonamides is 1. The van der Waals surface area contributed by atoms with Crippen LogP contribution in [0.25, 0.3) is 0 Å². The molecule has 0 aromatic heterocycles. The van der Waals surface area contributed by atoms with Gasteiger partial charge in [0, 0.05) is 12.6 Å². The van der Waals surface area contributed by atoms with Crippen LogP contribution in [0.5, 0.6) is 0 Å². The van der Waals surface area contributed by atoms with E-state index in [4.69, 9.17) is 0 Å². The quantitative estimate of drug-likeness (QED) is 0.891. The van der Waals surface area contributed by atoms with Gasteiger partial charge in [0.1, 0.15) is 5.82 Å². The number of hydrogen-bond acceptors (Lipinski definition) is 3. The van der Waals surface area contributed by atoms with Gasteiger partial charge in [-0.15, -0.1) is 0 Å². The van der Waals surface area contributed by atoms with Gasteiger partial charge in [-0.1, -0.05) is 6.07 Å². The van der Waals surface area contributed by atoms with Gasteiger partial charge in [0.2, 0.25) is 10.0 Å². The van der Waals surface area contributed by atoms with Crippen LogP contribution in [-0.2, 0) is 10.0 Å². The van der Waals surface area contributed by atoms with Crippen LogP contribution in [-0.4, -0.2) is 27.5 Å². The number of benzene rings is 1. The predicted molar refractivity (Wildman–Crippen MR) is 76.5 cm³/mol. The van der Waals surface area contributed by atoms with Crippen molar-refractivity contribution < 1.29 is 12.8 Å². The molecule has 1 saturated heterocycles. The summed E-state index contributed by atoms with van der Waals surface area (Å²) in [7, 11) is -3.64. The van der Waals surface area contributed by atoms with E-state index in [0.29, 0.717) is 18.2 Å². The van der Waals surface area contributed by atoms with E-state index in [0.717, 1.165) is 25.5 Å². The van der Waals surface area contributed by atoms with Crippen molar-refractivity contribution in [3.8, 4) is 0 Å². The molecule has 2 unspecified atom stereocenters. The number of aryl methyl sites for hydroxylation is 1. The van der Waals surface area contributed by atoms with Gasteiger partial charge >= 0.3 is 0 Å². The van der Waals surface area contributed by atoms with Crippen LogP contribution < -0.4 is 10.0 Å². The molecule has 0 amide bonds. The molecule has 2 atom stereocenters. The second-order valence-corrected chi connectivity index (χ2v) is 7.25. The van der Waals surface area contributed by atoms with E-state index in [1.165, 1.54) is 12.1 Å². The standard InChI is InChI=1S/C14H21FN2O2S/c1-10-3-6-13(15)7-14(10)20(18,19)17-9-12-5-4-11(2)16-8-12/h3,6-7,11-12,16-17H,4-5,8-9H2,1-2H3. The normalized spacial score (nSPS) is 23.8. The van der Waals surface area contributed by atoms with Crippen LogP contribution in [0.1, 0.15) is 25.3 Å². The molecule has 0 aliphatic carbocycles. The summed E-state index contributed by atoms with van der Waals surface area (Å²) < 4.78 is 40.2. The summed E-state index contributed by atoms with van der Waals surface area (Å²) in [6.45, 7) is 4.98. The molecular weight excluding hydrogens is 279 g/mol. The van der Waals surface area contributed by atoms with E-state index < -0.39 is 15.8 Å². The lowest BCUT2D eigenvalue weighted by Gasteiger charge is -2.27. The minimum atomic E-state index is -3.64. The Balaban J connectivity index is 2.02. The molecule has 0 radical (unpaired) electrons.